The van der Waals surface area contributed by atoms with Gasteiger partial charge in [-0.25, -0.2) is 0 Å². The van der Waals surface area contributed by atoms with Crippen molar-refractivity contribution in [1.82, 2.24) is 0 Å². The number of hydrogen-bond acceptors (Lipinski definition) is 23. The molecule has 5 heterocycles. The van der Waals surface area contributed by atoms with Crippen LogP contribution in [0.15, 0.2) is 11.6 Å². The molecule has 3 saturated carbocycles. The highest BCUT2D eigenvalue weighted by Crippen LogP contribution is 2.70. The molecule has 0 radical (unpaired) electrons. The minimum absolute atomic E-state index is 0.0705. The van der Waals surface area contributed by atoms with Crippen molar-refractivity contribution in [2.45, 2.75) is 233 Å². The minimum atomic E-state index is -1.85. The fourth-order valence-corrected chi connectivity index (χ4v) is 15.0. The lowest BCUT2D eigenvalue weighted by Gasteiger charge is -2.58. The van der Waals surface area contributed by atoms with Gasteiger partial charge in [0.1, 0.15) is 91.6 Å². The highest BCUT2D eigenvalue weighted by molar-refractivity contribution is 5.26. The molecule has 23 heteroatoms. The molecule has 14 N–H and O–H groups in total. The van der Waals surface area contributed by atoms with Gasteiger partial charge in [-0.2, -0.15) is 0 Å². The molecule has 4 aliphatic carbocycles. The summed E-state index contributed by atoms with van der Waals surface area (Å²) < 4.78 is 54.4. The van der Waals surface area contributed by atoms with Gasteiger partial charge in [-0.1, -0.05) is 39.3 Å². The summed E-state index contributed by atoms with van der Waals surface area (Å²) in [6, 6.07) is 0. The van der Waals surface area contributed by atoms with Crippen molar-refractivity contribution >= 4 is 0 Å². The van der Waals surface area contributed by atoms with Crippen molar-refractivity contribution in [2.24, 2.45) is 46.3 Å². The summed E-state index contributed by atoms with van der Waals surface area (Å²) in [4.78, 5) is 0. The molecule has 9 aliphatic rings. The SMILES string of the molecule is C[C@@H](CC[C@]1(O)O[C@H]2C[C@H]3[C@@H]4CC=C5C[C@@H](O[C@@H]6O[C@H](CO)[C@@H](O[C@@H]7O[C@H](CO)[C@@H](O)[C@H](O)[C@H]7O)[C@H](O)[C@H]6O[C@@H]6O[C@@H](C)[C@H](O)[C@@H](O)[C@H]6O)CC[C@]5(C)[C@H]4CC[C@]3(C)[C@H]2[C@@H]1C)CO[C@@H]1O[C@H](CO)[C@@H](O)[C@H](O)[C@H]1O. The van der Waals surface area contributed by atoms with Crippen molar-refractivity contribution in [2.75, 3.05) is 26.4 Å². The number of ether oxygens (including phenoxy) is 9. The normalized spacial score (nSPS) is 54.9. The second-order valence-electron chi connectivity index (χ2n) is 23.8. The average Bonchev–Trinajstić information content (AvgIpc) is 3.82. The van der Waals surface area contributed by atoms with E-state index in [2.05, 4.69) is 26.8 Å². The topological polar surface area (TPSA) is 366 Å². The van der Waals surface area contributed by atoms with Crippen LogP contribution in [0.25, 0.3) is 0 Å². The van der Waals surface area contributed by atoms with Crippen LogP contribution in [0.1, 0.15) is 92.4 Å². The van der Waals surface area contributed by atoms with E-state index < -0.39 is 155 Å². The maximum absolute atomic E-state index is 12.1. The highest BCUT2D eigenvalue weighted by Gasteiger charge is 2.68. The summed E-state index contributed by atoms with van der Waals surface area (Å²) >= 11 is 0. The van der Waals surface area contributed by atoms with Crippen LogP contribution in [0.2, 0.25) is 0 Å². The first-order chi connectivity index (χ1) is 35.0. The molecule has 0 aromatic carbocycles. The van der Waals surface area contributed by atoms with Gasteiger partial charge < -0.3 is 114 Å². The fraction of sp³-hybridized carbons (Fsp3) is 0.961. The molecule has 0 spiro atoms. The highest BCUT2D eigenvalue weighted by atomic mass is 16.8. The monoisotopic (exact) mass is 1060 g/mol. The number of allylic oxidation sites excluding steroid dienone is 1. The van der Waals surface area contributed by atoms with Gasteiger partial charge in [0, 0.05) is 12.3 Å². The largest absolute Gasteiger partial charge is 0.394 e. The van der Waals surface area contributed by atoms with Crippen LogP contribution in [0.5, 0.6) is 0 Å². The molecule has 74 heavy (non-hydrogen) atoms. The molecule has 0 bridgehead atoms. The number of fused-ring (bicyclic) bond motifs is 7. The minimum Gasteiger partial charge on any atom is -0.394 e. The molecule has 31 atom stereocenters. The standard InChI is InChI=1S/C51H84O23/c1-20(19-66-45-39(61)37(59)34(56)29(16-52)69-45)8-13-51(65)21(2)32-28(74-51)15-27-25-7-6-23-14-24(9-11-49(23,4)26(25)10-12-50(27,32)5)68-48-44(73-46-40(62)36(58)33(55)22(3)67-46)42(64)43(31(18-54)71-48)72-47-41(63)38(60)35(57)30(17-53)70-47/h6,20-22,24-48,52-65H,7-19H2,1-5H3/t20-,21-,22-,24-,25+,26-,27-,28-,29+,30+,31+,32-,33-,34+,35+,36+,37-,38-,39+,40+,41+,42-,43+,44+,45+,46-,47-,48+,49-,50-,51-/m0/s1. The van der Waals surface area contributed by atoms with E-state index in [-0.39, 0.29) is 41.3 Å². The van der Waals surface area contributed by atoms with Crippen molar-refractivity contribution in [3.8, 4) is 0 Å². The zero-order chi connectivity index (χ0) is 53.5. The molecule has 0 unspecified atom stereocenters. The Morgan fingerprint density at radius 3 is 1.86 bits per heavy atom. The maximum Gasteiger partial charge on any atom is 0.187 e. The fourth-order valence-electron chi connectivity index (χ4n) is 15.0. The predicted molar refractivity (Wildman–Crippen MR) is 250 cm³/mol. The first-order valence-corrected chi connectivity index (χ1v) is 26.9. The Bertz CT molecular complexity index is 1920. The Hall–Kier alpha value is -1.18. The van der Waals surface area contributed by atoms with E-state index in [0.29, 0.717) is 43.4 Å². The smallest absolute Gasteiger partial charge is 0.187 e. The maximum atomic E-state index is 12.1. The van der Waals surface area contributed by atoms with E-state index in [9.17, 15) is 71.5 Å². The van der Waals surface area contributed by atoms with Gasteiger partial charge in [0.25, 0.3) is 0 Å². The van der Waals surface area contributed by atoms with Gasteiger partial charge in [0.15, 0.2) is 30.9 Å². The molecule has 0 aromatic rings. The second kappa shape index (κ2) is 22.4. The number of aliphatic hydroxyl groups excluding tert-OH is 13. The predicted octanol–water partition coefficient (Wildman–Crippen LogP) is -3.01. The zero-order valence-corrected chi connectivity index (χ0v) is 42.9. The first-order valence-electron chi connectivity index (χ1n) is 26.9. The van der Waals surface area contributed by atoms with Crippen LogP contribution in [-0.2, 0) is 42.6 Å². The summed E-state index contributed by atoms with van der Waals surface area (Å²) in [5.74, 6) is -0.310. The van der Waals surface area contributed by atoms with Crippen LogP contribution in [-0.4, -0.2) is 239 Å². The van der Waals surface area contributed by atoms with Crippen LogP contribution >= 0.6 is 0 Å². The van der Waals surface area contributed by atoms with E-state index in [1.54, 1.807) is 0 Å². The van der Waals surface area contributed by atoms with Gasteiger partial charge in [-0.3, -0.25) is 0 Å². The van der Waals surface area contributed by atoms with Gasteiger partial charge in [0.05, 0.1) is 44.7 Å². The third-order valence-corrected chi connectivity index (χ3v) is 19.5. The van der Waals surface area contributed by atoms with Gasteiger partial charge in [0.2, 0.25) is 0 Å². The summed E-state index contributed by atoms with van der Waals surface area (Å²) in [6.45, 7) is 8.35. The number of rotatable bonds is 15. The third kappa shape index (κ3) is 10.2. The van der Waals surface area contributed by atoms with Crippen LogP contribution in [0.3, 0.4) is 0 Å². The van der Waals surface area contributed by atoms with Crippen LogP contribution < -0.4 is 0 Å². The first kappa shape index (κ1) is 57.5. The lowest BCUT2D eigenvalue weighted by atomic mass is 9.47. The van der Waals surface area contributed by atoms with E-state index in [1.165, 1.54) is 12.5 Å². The van der Waals surface area contributed by atoms with E-state index in [0.717, 1.165) is 32.1 Å². The molecule has 0 amide bonds. The molecule has 23 nitrogen and oxygen atoms in total. The molecule has 5 saturated heterocycles. The zero-order valence-electron chi connectivity index (χ0n) is 42.9. The van der Waals surface area contributed by atoms with Crippen molar-refractivity contribution in [1.29, 1.82) is 0 Å². The molecule has 426 valence electrons. The lowest BCUT2D eigenvalue weighted by Crippen LogP contribution is -2.67. The van der Waals surface area contributed by atoms with Crippen LogP contribution in [0, 0.1) is 46.3 Å². The van der Waals surface area contributed by atoms with Crippen molar-refractivity contribution in [3.05, 3.63) is 11.6 Å². The molecule has 0 aromatic heterocycles. The summed E-state index contributed by atoms with van der Waals surface area (Å²) in [5, 5.41) is 148. The molecule has 9 rings (SSSR count). The summed E-state index contributed by atoms with van der Waals surface area (Å²) in [7, 11) is 0. The Morgan fingerprint density at radius 2 is 1.22 bits per heavy atom. The molecule has 8 fully saturated rings. The van der Waals surface area contributed by atoms with Crippen LogP contribution in [0.4, 0.5) is 0 Å². The van der Waals surface area contributed by atoms with Gasteiger partial charge in [-0.15, -0.1) is 0 Å². The molecular weight excluding hydrogens is 981 g/mol. The Labute approximate surface area is 430 Å². The third-order valence-electron chi connectivity index (χ3n) is 19.5. The Kier molecular flexibility index (Phi) is 17.4. The Balaban J connectivity index is 0.849. The van der Waals surface area contributed by atoms with E-state index >= 15 is 0 Å². The molecular formula is C51H84O23. The quantitative estimate of drug-likeness (QED) is 0.0727. The molecule has 5 aliphatic heterocycles. The number of hydrogen-bond donors (Lipinski definition) is 14. The van der Waals surface area contributed by atoms with E-state index in [4.69, 9.17) is 42.6 Å². The second-order valence-corrected chi connectivity index (χ2v) is 23.8. The summed E-state index contributed by atoms with van der Waals surface area (Å²) in [5.41, 5.74) is 1.02. The van der Waals surface area contributed by atoms with E-state index in [1.807, 2.05) is 6.92 Å². The van der Waals surface area contributed by atoms with Crippen molar-refractivity contribution < 1.29 is 114 Å². The van der Waals surface area contributed by atoms with Gasteiger partial charge >= 0.3 is 0 Å². The summed E-state index contributed by atoms with van der Waals surface area (Å²) in [6.07, 6.45) is -22.1. The number of aliphatic hydroxyl groups is 14. The van der Waals surface area contributed by atoms with Gasteiger partial charge in [-0.05, 0) is 98.7 Å². The lowest BCUT2D eigenvalue weighted by molar-refractivity contribution is -0.389. The van der Waals surface area contributed by atoms with Crippen molar-refractivity contribution in [3.63, 3.8) is 0 Å². The Morgan fingerprint density at radius 1 is 0.635 bits per heavy atom. The average molecular weight is 1070 g/mol.